The number of nitrogens with one attached hydrogen (secondary N) is 1. The summed E-state index contributed by atoms with van der Waals surface area (Å²) in [6.07, 6.45) is 2.64. The Morgan fingerprint density at radius 2 is 2.00 bits per heavy atom. The number of aromatic nitrogens is 2. The van der Waals surface area contributed by atoms with Crippen LogP contribution in [-0.2, 0) is 6.42 Å². The number of piperidine rings is 1. The number of amides is 1. The second-order valence-electron chi connectivity index (χ2n) is 7.65. The van der Waals surface area contributed by atoms with Crippen molar-refractivity contribution in [2.45, 2.75) is 6.42 Å². The number of carbonyl (C=O) groups is 1. The third-order valence-corrected chi connectivity index (χ3v) is 6.12. The highest BCUT2D eigenvalue weighted by molar-refractivity contribution is 5.94. The number of hydrogen-bond donors (Lipinski definition) is 1. The van der Waals surface area contributed by atoms with Crippen LogP contribution in [0.5, 0.6) is 0 Å². The van der Waals surface area contributed by atoms with Gasteiger partial charge >= 0.3 is 0 Å². The van der Waals surface area contributed by atoms with Gasteiger partial charge in [0.1, 0.15) is 18.0 Å². The van der Waals surface area contributed by atoms with Gasteiger partial charge < -0.3 is 15.1 Å². The summed E-state index contributed by atoms with van der Waals surface area (Å²) in [7, 11) is 2.13. The van der Waals surface area contributed by atoms with E-state index in [0.717, 1.165) is 49.8 Å². The first-order valence-electron chi connectivity index (χ1n) is 9.35. The molecule has 1 amide bonds. The zero-order chi connectivity index (χ0) is 17.7. The molecule has 6 nitrogen and oxygen atoms in total. The topological polar surface area (TPSA) is 61.4 Å². The Morgan fingerprint density at radius 3 is 2.77 bits per heavy atom. The Morgan fingerprint density at radius 1 is 1.23 bits per heavy atom. The van der Waals surface area contributed by atoms with Crippen molar-refractivity contribution in [2.75, 3.05) is 43.4 Å². The van der Waals surface area contributed by atoms with Crippen LogP contribution in [-0.4, -0.2) is 54.0 Å². The maximum absolute atomic E-state index is 12.6. The Hall–Kier alpha value is -2.63. The summed E-state index contributed by atoms with van der Waals surface area (Å²) < 4.78 is 0. The summed E-state index contributed by atoms with van der Waals surface area (Å²) in [5, 5.41) is 3.32. The quantitative estimate of drug-likeness (QED) is 0.913. The third-order valence-electron chi connectivity index (χ3n) is 6.12. The summed E-state index contributed by atoms with van der Waals surface area (Å²) in [6.45, 7) is 3.73. The zero-order valence-corrected chi connectivity index (χ0v) is 14.9. The molecule has 2 unspecified atom stereocenters. The molecule has 1 aliphatic carbocycles. The minimum Gasteiger partial charge on any atom is -0.369 e. The Balaban J connectivity index is 1.21. The van der Waals surface area contributed by atoms with E-state index in [4.69, 9.17) is 0 Å². The van der Waals surface area contributed by atoms with Gasteiger partial charge in [0.2, 0.25) is 0 Å². The second kappa shape index (κ2) is 5.97. The van der Waals surface area contributed by atoms with E-state index >= 15 is 0 Å². The first kappa shape index (κ1) is 15.6. The average Bonchev–Trinajstić information content (AvgIpc) is 3.08. The predicted octanol–water partition coefficient (Wildman–Crippen LogP) is 1.90. The van der Waals surface area contributed by atoms with Crippen molar-refractivity contribution in [3.05, 3.63) is 47.8 Å². The molecule has 1 aromatic heterocycles. The van der Waals surface area contributed by atoms with Gasteiger partial charge in [-0.1, -0.05) is 18.2 Å². The number of rotatable bonds is 4. The summed E-state index contributed by atoms with van der Waals surface area (Å²) in [5.74, 6) is 4.15. The van der Waals surface area contributed by atoms with Gasteiger partial charge in [0.15, 0.2) is 0 Å². The fraction of sp³-hybridized carbons (Fsp3) is 0.450. The minimum absolute atomic E-state index is 0.171. The SMILES string of the molecule is CN(CC1C2CN(C(=O)c3ccccc3)C[C@H]21)c1ncnc2c1CCN2. The molecule has 5 rings (SSSR count). The van der Waals surface area contributed by atoms with Gasteiger partial charge in [0, 0.05) is 44.4 Å². The van der Waals surface area contributed by atoms with Crippen LogP contribution in [0.3, 0.4) is 0 Å². The number of nitrogens with zero attached hydrogens (tertiary/aromatic N) is 4. The highest BCUT2D eigenvalue weighted by atomic mass is 16.2. The van der Waals surface area contributed by atoms with Crippen LogP contribution in [0.2, 0.25) is 0 Å². The molecule has 26 heavy (non-hydrogen) atoms. The lowest BCUT2D eigenvalue weighted by molar-refractivity contribution is 0.0768. The number of anilines is 2. The Bertz CT molecular complexity index is 827. The zero-order valence-electron chi connectivity index (χ0n) is 14.9. The molecule has 3 heterocycles. The third kappa shape index (κ3) is 2.52. The molecule has 3 aliphatic rings. The van der Waals surface area contributed by atoms with Crippen LogP contribution in [0.25, 0.3) is 0 Å². The van der Waals surface area contributed by atoms with Crippen molar-refractivity contribution in [3.8, 4) is 0 Å². The lowest BCUT2D eigenvalue weighted by atomic mass is 10.1. The minimum atomic E-state index is 0.171. The highest BCUT2D eigenvalue weighted by Crippen LogP contribution is 2.52. The molecule has 0 bridgehead atoms. The van der Waals surface area contributed by atoms with Crippen LogP contribution in [0.1, 0.15) is 15.9 Å². The van der Waals surface area contributed by atoms with Gasteiger partial charge in [-0.2, -0.15) is 0 Å². The fourth-order valence-corrected chi connectivity index (χ4v) is 4.67. The van der Waals surface area contributed by atoms with Crippen molar-refractivity contribution >= 4 is 17.5 Å². The number of fused-ring (bicyclic) bond motifs is 2. The maximum Gasteiger partial charge on any atom is 0.253 e. The number of hydrogen-bond acceptors (Lipinski definition) is 5. The van der Waals surface area contributed by atoms with Crippen LogP contribution in [0, 0.1) is 17.8 Å². The first-order chi connectivity index (χ1) is 12.7. The molecular weight excluding hydrogens is 326 g/mol. The van der Waals surface area contributed by atoms with E-state index < -0.39 is 0 Å². The van der Waals surface area contributed by atoms with Crippen LogP contribution in [0.15, 0.2) is 36.7 Å². The number of carbonyl (C=O) groups excluding carboxylic acids is 1. The summed E-state index contributed by atoms with van der Waals surface area (Å²) in [5.41, 5.74) is 2.04. The first-order valence-corrected chi connectivity index (χ1v) is 9.35. The maximum atomic E-state index is 12.6. The van der Waals surface area contributed by atoms with Crippen molar-refractivity contribution < 1.29 is 4.79 Å². The van der Waals surface area contributed by atoms with E-state index in [9.17, 15) is 4.79 Å². The summed E-state index contributed by atoms with van der Waals surface area (Å²) in [4.78, 5) is 25.7. The number of benzene rings is 1. The number of likely N-dealkylation sites (tertiary alicyclic amines) is 1. The standard InChI is InChI=1S/C20H23N5O/c1-24(19-14-7-8-21-18(14)22-12-23-19)9-15-16-10-25(11-17(15)16)20(26)13-5-3-2-4-6-13/h2-6,12,15-17H,7-11H2,1H3,(H,21,22,23)/t15?,16-,17?/m0/s1. The molecule has 2 fully saturated rings. The van der Waals surface area contributed by atoms with Crippen molar-refractivity contribution in [1.29, 1.82) is 0 Å². The molecular formula is C20H23N5O. The van der Waals surface area contributed by atoms with Crippen LogP contribution >= 0.6 is 0 Å². The van der Waals surface area contributed by atoms with Gasteiger partial charge in [-0.05, 0) is 36.3 Å². The molecule has 134 valence electrons. The van der Waals surface area contributed by atoms with E-state index in [1.807, 2.05) is 35.2 Å². The second-order valence-corrected chi connectivity index (χ2v) is 7.65. The molecule has 2 aliphatic heterocycles. The van der Waals surface area contributed by atoms with E-state index in [1.54, 1.807) is 6.33 Å². The predicted molar refractivity (Wildman–Crippen MR) is 100 cm³/mol. The molecule has 6 heteroatoms. The summed E-state index contributed by atoms with van der Waals surface area (Å²) >= 11 is 0. The molecule has 2 aromatic rings. The van der Waals surface area contributed by atoms with E-state index in [1.165, 1.54) is 5.56 Å². The van der Waals surface area contributed by atoms with Crippen molar-refractivity contribution in [1.82, 2.24) is 14.9 Å². The lowest BCUT2D eigenvalue weighted by Crippen LogP contribution is -2.33. The van der Waals surface area contributed by atoms with Crippen LogP contribution in [0.4, 0.5) is 11.6 Å². The lowest BCUT2D eigenvalue weighted by Gasteiger charge is -2.24. The Labute approximate surface area is 153 Å². The molecule has 1 saturated carbocycles. The largest absolute Gasteiger partial charge is 0.369 e. The van der Waals surface area contributed by atoms with Gasteiger partial charge in [0.25, 0.3) is 5.91 Å². The van der Waals surface area contributed by atoms with Crippen molar-refractivity contribution in [2.24, 2.45) is 17.8 Å². The van der Waals surface area contributed by atoms with Gasteiger partial charge in [-0.15, -0.1) is 0 Å². The fourth-order valence-electron chi connectivity index (χ4n) is 4.67. The highest BCUT2D eigenvalue weighted by Gasteiger charge is 2.56. The van der Waals surface area contributed by atoms with Crippen molar-refractivity contribution in [3.63, 3.8) is 0 Å². The molecule has 3 atom stereocenters. The van der Waals surface area contributed by atoms with E-state index in [-0.39, 0.29) is 5.91 Å². The molecule has 0 radical (unpaired) electrons. The van der Waals surface area contributed by atoms with Gasteiger partial charge in [-0.25, -0.2) is 9.97 Å². The molecule has 0 spiro atoms. The van der Waals surface area contributed by atoms with Gasteiger partial charge in [0.05, 0.1) is 0 Å². The average molecular weight is 349 g/mol. The monoisotopic (exact) mass is 349 g/mol. The normalized spacial score (nSPS) is 25.4. The molecule has 1 saturated heterocycles. The Kier molecular flexibility index (Phi) is 3.58. The van der Waals surface area contributed by atoms with E-state index in [2.05, 4.69) is 27.2 Å². The van der Waals surface area contributed by atoms with Gasteiger partial charge in [-0.3, -0.25) is 4.79 Å². The molecule has 1 N–H and O–H groups in total. The van der Waals surface area contributed by atoms with E-state index in [0.29, 0.717) is 17.8 Å². The summed E-state index contributed by atoms with van der Waals surface area (Å²) in [6, 6.07) is 9.61. The smallest absolute Gasteiger partial charge is 0.253 e. The molecule has 1 aromatic carbocycles. The van der Waals surface area contributed by atoms with Crippen LogP contribution < -0.4 is 10.2 Å².